The summed E-state index contributed by atoms with van der Waals surface area (Å²) in [5, 5.41) is 7.47. The minimum absolute atomic E-state index is 0. The summed E-state index contributed by atoms with van der Waals surface area (Å²) < 4.78 is 9.84. The number of nitrogens with zero attached hydrogens (tertiary/aromatic N) is 4. The Kier molecular flexibility index (Phi) is 13.7. The van der Waals surface area contributed by atoms with Gasteiger partial charge in [0.05, 0.1) is 12.3 Å². The smallest absolute Gasteiger partial charge is 0.305 e. The van der Waals surface area contributed by atoms with Gasteiger partial charge >= 0.3 is 5.97 Å². The molecule has 2 rings (SSSR count). The standard InChI is InChI=1S/C20H35N5O3.HI/c1-3-27-19(26)9-7-5-4-6-8-11-22-20(21-2)25-14-12-24(13-15-25)17-18-10-16-28-23-18;/h10,16H,3-9,11-15,17H2,1-2H3,(H,21,22);1H. The molecule has 0 unspecified atom stereocenters. The predicted molar refractivity (Wildman–Crippen MR) is 124 cm³/mol. The lowest BCUT2D eigenvalue weighted by Gasteiger charge is -2.36. The highest BCUT2D eigenvalue weighted by atomic mass is 127. The van der Waals surface area contributed by atoms with E-state index in [1.54, 1.807) is 6.26 Å². The van der Waals surface area contributed by atoms with Crippen LogP contribution in [0.3, 0.4) is 0 Å². The number of halogens is 1. The number of carbonyl (C=O) groups is 1. The highest BCUT2D eigenvalue weighted by Gasteiger charge is 2.20. The molecule has 0 atom stereocenters. The molecule has 0 aliphatic carbocycles. The van der Waals surface area contributed by atoms with Gasteiger partial charge in [-0.1, -0.05) is 24.4 Å². The molecule has 1 aliphatic heterocycles. The highest BCUT2D eigenvalue weighted by Crippen LogP contribution is 2.08. The van der Waals surface area contributed by atoms with Crippen LogP contribution in [-0.4, -0.2) is 73.3 Å². The summed E-state index contributed by atoms with van der Waals surface area (Å²) in [4.78, 5) is 20.4. The van der Waals surface area contributed by atoms with Crippen molar-refractivity contribution in [3.05, 3.63) is 18.0 Å². The normalized spacial score (nSPS) is 15.1. The fourth-order valence-corrected chi connectivity index (χ4v) is 3.36. The van der Waals surface area contributed by atoms with E-state index in [0.717, 1.165) is 83.0 Å². The third kappa shape index (κ3) is 10.3. The average molecular weight is 521 g/mol. The molecule has 1 saturated heterocycles. The summed E-state index contributed by atoms with van der Waals surface area (Å²) >= 11 is 0. The van der Waals surface area contributed by atoms with Crippen LogP contribution in [0.15, 0.2) is 21.8 Å². The van der Waals surface area contributed by atoms with Crippen molar-refractivity contribution in [2.75, 3.05) is 46.4 Å². The first-order valence-electron chi connectivity index (χ1n) is 10.5. The van der Waals surface area contributed by atoms with E-state index in [9.17, 15) is 4.79 Å². The van der Waals surface area contributed by atoms with E-state index < -0.39 is 0 Å². The Labute approximate surface area is 191 Å². The number of guanidine groups is 1. The topological polar surface area (TPSA) is 83.2 Å². The Morgan fingerprint density at radius 1 is 1.21 bits per heavy atom. The second kappa shape index (κ2) is 15.5. The van der Waals surface area contributed by atoms with Crippen molar-refractivity contribution in [3.8, 4) is 0 Å². The SMILES string of the molecule is CCOC(=O)CCCCCCCNC(=NC)N1CCN(Cc2ccon2)CC1.I. The van der Waals surface area contributed by atoms with E-state index in [4.69, 9.17) is 9.26 Å². The number of carbonyl (C=O) groups excluding carboxylic acids is 1. The van der Waals surface area contributed by atoms with Crippen LogP contribution in [0.5, 0.6) is 0 Å². The molecule has 1 aromatic rings. The van der Waals surface area contributed by atoms with Crippen LogP contribution in [0.4, 0.5) is 0 Å². The van der Waals surface area contributed by atoms with Crippen LogP contribution in [-0.2, 0) is 16.1 Å². The fraction of sp³-hybridized carbons (Fsp3) is 0.750. The molecule has 1 N–H and O–H groups in total. The molecule has 29 heavy (non-hydrogen) atoms. The molecule has 1 fully saturated rings. The molecule has 0 amide bonds. The Morgan fingerprint density at radius 3 is 2.59 bits per heavy atom. The Balaban J connectivity index is 0.00000420. The van der Waals surface area contributed by atoms with E-state index in [2.05, 4.69) is 25.3 Å². The number of aromatic nitrogens is 1. The maximum Gasteiger partial charge on any atom is 0.305 e. The molecule has 2 heterocycles. The van der Waals surface area contributed by atoms with Gasteiger partial charge in [0.25, 0.3) is 0 Å². The quantitative estimate of drug-likeness (QED) is 0.158. The van der Waals surface area contributed by atoms with Crippen molar-refractivity contribution in [2.24, 2.45) is 4.99 Å². The third-order valence-electron chi connectivity index (χ3n) is 4.91. The molecular weight excluding hydrogens is 485 g/mol. The molecule has 8 nitrogen and oxygen atoms in total. The van der Waals surface area contributed by atoms with Gasteiger partial charge in [-0.05, 0) is 19.8 Å². The van der Waals surface area contributed by atoms with Gasteiger partial charge < -0.3 is 19.5 Å². The van der Waals surface area contributed by atoms with Crippen LogP contribution in [0, 0.1) is 0 Å². The van der Waals surface area contributed by atoms with Crippen LogP contribution in [0.1, 0.15) is 51.1 Å². The Hall–Kier alpha value is -1.36. The van der Waals surface area contributed by atoms with Gasteiger partial charge in [-0.15, -0.1) is 24.0 Å². The van der Waals surface area contributed by atoms with Crippen molar-refractivity contribution >= 4 is 35.9 Å². The lowest BCUT2D eigenvalue weighted by Crippen LogP contribution is -2.52. The molecule has 166 valence electrons. The summed E-state index contributed by atoms with van der Waals surface area (Å²) in [5.74, 6) is 0.914. The molecule has 1 aliphatic rings. The molecule has 1 aromatic heterocycles. The Bertz CT molecular complexity index is 575. The number of unbranched alkanes of at least 4 members (excludes halogenated alkanes) is 4. The second-order valence-electron chi connectivity index (χ2n) is 7.05. The van der Waals surface area contributed by atoms with Gasteiger partial charge in [0.2, 0.25) is 0 Å². The zero-order valence-corrected chi connectivity index (χ0v) is 20.1. The van der Waals surface area contributed by atoms with Crippen molar-refractivity contribution in [3.63, 3.8) is 0 Å². The van der Waals surface area contributed by atoms with Gasteiger partial charge in [-0.25, -0.2) is 0 Å². The summed E-state index contributed by atoms with van der Waals surface area (Å²) in [5.41, 5.74) is 0.984. The highest BCUT2D eigenvalue weighted by molar-refractivity contribution is 14.0. The van der Waals surface area contributed by atoms with Gasteiger partial charge in [0.1, 0.15) is 6.26 Å². The maximum atomic E-state index is 11.3. The third-order valence-corrected chi connectivity index (χ3v) is 4.91. The lowest BCUT2D eigenvalue weighted by molar-refractivity contribution is -0.143. The summed E-state index contributed by atoms with van der Waals surface area (Å²) in [6.07, 6.45) is 7.61. The largest absolute Gasteiger partial charge is 0.466 e. The van der Waals surface area contributed by atoms with Gasteiger partial charge in [0.15, 0.2) is 5.96 Å². The van der Waals surface area contributed by atoms with E-state index in [1.807, 2.05) is 20.0 Å². The average Bonchev–Trinajstić information content (AvgIpc) is 3.21. The molecule has 0 bridgehead atoms. The van der Waals surface area contributed by atoms with Gasteiger partial charge in [-0.3, -0.25) is 14.7 Å². The summed E-state index contributed by atoms with van der Waals surface area (Å²) in [6, 6.07) is 1.92. The van der Waals surface area contributed by atoms with Crippen molar-refractivity contribution in [1.82, 2.24) is 20.3 Å². The van der Waals surface area contributed by atoms with E-state index in [1.165, 1.54) is 0 Å². The molecular formula is C20H36IN5O3. The van der Waals surface area contributed by atoms with Crippen LogP contribution >= 0.6 is 24.0 Å². The number of piperazine rings is 1. The summed E-state index contributed by atoms with van der Waals surface area (Å²) in [7, 11) is 1.85. The van der Waals surface area contributed by atoms with Crippen molar-refractivity contribution < 1.29 is 14.1 Å². The second-order valence-corrected chi connectivity index (χ2v) is 7.05. The molecule has 9 heteroatoms. The number of rotatable bonds is 11. The lowest BCUT2D eigenvalue weighted by atomic mass is 10.1. The number of hydrogen-bond donors (Lipinski definition) is 1. The fourth-order valence-electron chi connectivity index (χ4n) is 3.36. The predicted octanol–water partition coefficient (Wildman–Crippen LogP) is 2.89. The molecule has 0 aromatic carbocycles. The zero-order valence-electron chi connectivity index (χ0n) is 17.8. The van der Waals surface area contributed by atoms with E-state index in [0.29, 0.717) is 13.0 Å². The number of aliphatic imine (C=N–C) groups is 1. The Morgan fingerprint density at radius 2 is 1.93 bits per heavy atom. The number of hydrogen-bond acceptors (Lipinski definition) is 6. The first-order chi connectivity index (χ1) is 13.7. The maximum absolute atomic E-state index is 11.3. The van der Waals surface area contributed by atoms with Crippen LogP contribution in [0.2, 0.25) is 0 Å². The van der Waals surface area contributed by atoms with Gasteiger partial charge in [-0.2, -0.15) is 0 Å². The number of ether oxygens (including phenoxy) is 1. The zero-order chi connectivity index (χ0) is 20.0. The first kappa shape index (κ1) is 25.7. The number of nitrogens with one attached hydrogen (secondary N) is 1. The summed E-state index contributed by atoms with van der Waals surface area (Å²) in [6.45, 7) is 8.01. The van der Waals surface area contributed by atoms with Crippen molar-refractivity contribution in [1.29, 1.82) is 0 Å². The molecule has 0 radical (unpaired) electrons. The first-order valence-corrected chi connectivity index (χ1v) is 10.5. The minimum Gasteiger partial charge on any atom is -0.466 e. The van der Waals surface area contributed by atoms with E-state index >= 15 is 0 Å². The molecule has 0 saturated carbocycles. The van der Waals surface area contributed by atoms with Gasteiger partial charge in [0, 0.05) is 58.8 Å². The van der Waals surface area contributed by atoms with Crippen LogP contribution < -0.4 is 5.32 Å². The minimum atomic E-state index is -0.0749. The number of esters is 1. The van der Waals surface area contributed by atoms with Crippen molar-refractivity contribution in [2.45, 2.75) is 52.0 Å². The van der Waals surface area contributed by atoms with Crippen LogP contribution in [0.25, 0.3) is 0 Å². The molecule has 0 spiro atoms. The van der Waals surface area contributed by atoms with E-state index in [-0.39, 0.29) is 29.9 Å². The monoisotopic (exact) mass is 521 g/mol.